The molecule has 0 bridgehead atoms. The summed E-state index contributed by atoms with van der Waals surface area (Å²) in [6, 6.07) is 5.44. The van der Waals surface area contributed by atoms with Crippen molar-refractivity contribution in [1.82, 2.24) is 20.8 Å². The lowest BCUT2D eigenvalue weighted by Crippen LogP contribution is -2.36. The maximum absolute atomic E-state index is 11.1. The number of carbonyl (C=O) groups is 1. The quantitative estimate of drug-likeness (QED) is 0.544. The highest BCUT2D eigenvalue weighted by atomic mass is 16.5. The zero-order valence-electron chi connectivity index (χ0n) is 9.87. The van der Waals surface area contributed by atoms with E-state index in [1.165, 1.54) is 0 Å². The molecule has 0 aliphatic heterocycles. The van der Waals surface area contributed by atoms with Crippen molar-refractivity contribution in [2.24, 2.45) is 0 Å². The van der Waals surface area contributed by atoms with Gasteiger partial charge in [-0.3, -0.25) is 10.2 Å². The Labute approximate surface area is 103 Å². The normalized spacial score (nSPS) is 10.7. The van der Waals surface area contributed by atoms with E-state index in [0.29, 0.717) is 6.61 Å². The summed E-state index contributed by atoms with van der Waals surface area (Å²) >= 11 is 0. The number of fused-ring (bicyclic) bond motifs is 1. The molecule has 7 nitrogen and oxygen atoms in total. The molecular weight excluding hydrogens is 236 g/mol. The van der Waals surface area contributed by atoms with Crippen LogP contribution in [0.25, 0.3) is 11.0 Å². The number of carbonyl (C=O) groups excluding carboxylic acids is 1. The third kappa shape index (κ3) is 2.96. The molecule has 18 heavy (non-hydrogen) atoms. The van der Waals surface area contributed by atoms with Crippen LogP contribution in [-0.2, 0) is 16.1 Å². The molecular formula is C11H14N4O3. The molecule has 4 N–H and O–H groups in total. The Hall–Kier alpha value is -2.12. The third-order valence-corrected chi connectivity index (χ3v) is 2.35. The number of aromatic nitrogens is 2. The topological polar surface area (TPSA) is 99.0 Å². The van der Waals surface area contributed by atoms with E-state index in [0.717, 1.165) is 16.6 Å². The molecule has 1 aromatic heterocycles. The monoisotopic (exact) mass is 250 g/mol. The molecule has 0 aliphatic rings. The van der Waals surface area contributed by atoms with Gasteiger partial charge in [-0.15, -0.1) is 0 Å². The lowest BCUT2D eigenvalue weighted by molar-refractivity contribution is -0.126. The molecule has 0 unspecified atom stereocenters. The smallest absolute Gasteiger partial charge is 0.323 e. The first-order chi connectivity index (χ1) is 8.69. The predicted octanol–water partition coefficient (Wildman–Crippen LogP) is -0.377. The van der Waals surface area contributed by atoms with Crippen LogP contribution in [0.2, 0.25) is 0 Å². The van der Waals surface area contributed by atoms with Crippen LogP contribution in [0.15, 0.2) is 23.0 Å². The zero-order valence-corrected chi connectivity index (χ0v) is 9.87. The lowest BCUT2D eigenvalue weighted by Gasteiger charge is -2.05. The van der Waals surface area contributed by atoms with Crippen molar-refractivity contribution in [3.8, 4) is 0 Å². The Morgan fingerprint density at radius 2 is 2.11 bits per heavy atom. The molecule has 0 spiro atoms. The van der Waals surface area contributed by atoms with Gasteiger partial charge in [0.15, 0.2) is 0 Å². The maximum atomic E-state index is 11.1. The van der Waals surface area contributed by atoms with Gasteiger partial charge in [0.2, 0.25) is 0 Å². The second-order valence-corrected chi connectivity index (χ2v) is 3.75. The molecule has 0 saturated carbocycles. The molecule has 1 amide bonds. The lowest BCUT2D eigenvalue weighted by atomic mass is 10.2. The van der Waals surface area contributed by atoms with E-state index in [-0.39, 0.29) is 18.2 Å². The first kappa shape index (κ1) is 12.3. The van der Waals surface area contributed by atoms with Crippen LogP contribution in [0.1, 0.15) is 5.56 Å². The Morgan fingerprint density at radius 1 is 1.33 bits per heavy atom. The Balaban J connectivity index is 1.95. The van der Waals surface area contributed by atoms with Crippen LogP contribution < -0.4 is 16.5 Å². The van der Waals surface area contributed by atoms with Gasteiger partial charge in [-0.2, -0.15) is 0 Å². The van der Waals surface area contributed by atoms with Gasteiger partial charge in [0, 0.05) is 7.05 Å². The van der Waals surface area contributed by atoms with Crippen molar-refractivity contribution in [1.29, 1.82) is 0 Å². The van der Waals surface area contributed by atoms with Crippen LogP contribution in [0.5, 0.6) is 0 Å². The van der Waals surface area contributed by atoms with Gasteiger partial charge in [-0.05, 0) is 17.7 Å². The molecule has 0 atom stereocenters. The van der Waals surface area contributed by atoms with Crippen LogP contribution in [0, 0.1) is 0 Å². The fraction of sp³-hybridized carbons (Fsp3) is 0.273. The summed E-state index contributed by atoms with van der Waals surface area (Å²) in [7, 11) is 1.61. The Kier molecular flexibility index (Phi) is 3.75. The SMILES string of the molecule is CNNC(=O)COCc1ccc2[nH]c(=O)[nH]c2c1. The fourth-order valence-corrected chi connectivity index (χ4v) is 1.61. The highest BCUT2D eigenvalue weighted by Gasteiger charge is 2.02. The average Bonchev–Trinajstić information content (AvgIpc) is 2.69. The number of H-pyrrole nitrogens is 2. The molecule has 7 heteroatoms. The number of amides is 1. The molecule has 96 valence electrons. The number of hydrogen-bond donors (Lipinski definition) is 4. The van der Waals surface area contributed by atoms with Gasteiger partial charge in [0.25, 0.3) is 5.91 Å². The predicted molar refractivity (Wildman–Crippen MR) is 65.8 cm³/mol. The summed E-state index contributed by atoms with van der Waals surface area (Å²) < 4.78 is 5.24. The molecule has 0 fully saturated rings. The van der Waals surface area contributed by atoms with Crippen LogP contribution in [0.4, 0.5) is 0 Å². The number of benzene rings is 1. The maximum Gasteiger partial charge on any atom is 0.323 e. The molecule has 2 rings (SSSR count). The van der Waals surface area contributed by atoms with Crippen molar-refractivity contribution in [3.05, 3.63) is 34.2 Å². The number of imidazole rings is 1. The number of hydrogen-bond acceptors (Lipinski definition) is 4. The second-order valence-electron chi connectivity index (χ2n) is 3.75. The van der Waals surface area contributed by atoms with Crippen molar-refractivity contribution >= 4 is 16.9 Å². The van der Waals surface area contributed by atoms with E-state index in [4.69, 9.17) is 4.74 Å². The van der Waals surface area contributed by atoms with Gasteiger partial charge >= 0.3 is 5.69 Å². The van der Waals surface area contributed by atoms with Gasteiger partial charge in [-0.1, -0.05) is 6.07 Å². The number of ether oxygens (including phenoxy) is 1. The highest BCUT2D eigenvalue weighted by molar-refractivity contribution is 5.76. The van der Waals surface area contributed by atoms with E-state index in [9.17, 15) is 9.59 Å². The summed E-state index contributed by atoms with van der Waals surface area (Å²) in [6.07, 6.45) is 0. The zero-order chi connectivity index (χ0) is 13.0. The minimum atomic E-state index is -0.242. The van der Waals surface area contributed by atoms with Crippen molar-refractivity contribution < 1.29 is 9.53 Å². The van der Waals surface area contributed by atoms with Gasteiger partial charge < -0.3 is 14.7 Å². The summed E-state index contributed by atoms with van der Waals surface area (Å²) in [4.78, 5) is 27.5. The number of rotatable bonds is 5. The number of aromatic amines is 2. The summed E-state index contributed by atoms with van der Waals surface area (Å²) in [5.74, 6) is -0.242. The van der Waals surface area contributed by atoms with Crippen LogP contribution >= 0.6 is 0 Å². The first-order valence-corrected chi connectivity index (χ1v) is 5.43. The molecule has 0 radical (unpaired) electrons. The second kappa shape index (κ2) is 5.48. The van der Waals surface area contributed by atoms with Crippen molar-refractivity contribution in [2.75, 3.05) is 13.7 Å². The molecule has 2 aromatic rings. The van der Waals surface area contributed by atoms with Crippen molar-refractivity contribution in [2.45, 2.75) is 6.61 Å². The van der Waals surface area contributed by atoms with E-state index < -0.39 is 0 Å². The van der Waals surface area contributed by atoms with Gasteiger partial charge in [0.1, 0.15) is 6.61 Å². The number of hydrazine groups is 1. The summed E-state index contributed by atoms with van der Waals surface area (Å²) in [6.45, 7) is 0.281. The van der Waals surface area contributed by atoms with E-state index in [1.807, 2.05) is 12.1 Å². The largest absolute Gasteiger partial charge is 0.367 e. The van der Waals surface area contributed by atoms with Crippen LogP contribution in [0.3, 0.4) is 0 Å². The summed E-state index contributed by atoms with van der Waals surface area (Å²) in [5.41, 5.74) is 7.03. The van der Waals surface area contributed by atoms with Crippen molar-refractivity contribution in [3.63, 3.8) is 0 Å². The third-order valence-electron chi connectivity index (χ3n) is 2.35. The minimum absolute atomic E-state index is 0.0253. The molecule has 1 aromatic carbocycles. The molecule has 0 saturated heterocycles. The standard InChI is InChI=1S/C11H14N4O3/c1-12-15-10(16)6-18-5-7-2-3-8-9(4-7)14-11(17)13-8/h2-4,12H,5-6H2,1H3,(H,15,16)(H2,13,14,17). The fourth-order valence-electron chi connectivity index (χ4n) is 1.61. The van der Waals surface area contributed by atoms with Gasteiger partial charge in [-0.25, -0.2) is 10.2 Å². The first-order valence-electron chi connectivity index (χ1n) is 5.43. The minimum Gasteiger partial charge on any atom is -0.367 e. The van der Waals surface area contributed by atoms with E-state index in [2.05, 4.69) is 20.8 Å². The number of nitrogens with one attached hydrogen (secondary N) is 4. The van der Waals surface area contributed by atoms with Gasteiger partial charge in [0.05, 0.1) is 17.6 Å². The Bertz CT molecular complexity index is 602. The summed E-state index contributed by atoms with van der Waals surface area (Å²) in [5, 5.41) is 0. The highest BCUT2D eigenvalue weighted by Crippen LogP contribution is 2.10. The Morgan fingerprint density at radius 3 is 2.89 bits per heavy atom. The average molecular weight is 250 g/mol. The van der Waals surface area contributed by atoms with Crippen LogP contribution in [-0.4, -0.2) is 29.5 Å². The van der Waals surface area contributed by atoms with E-state index in [1.54, 1.807) is 13.1 Å². The molecule has 1 heterocycles. The van der Waals surface area contributed by atoms with E-state index >= 15 is 0 Å². The molecule has 0 aliphatic carbocycles.